The van der Waals surface area contributed by atoms with Crippen molar-refractivity contribution in [3.63, 3.8) is 0 Å². The van der Waals surface area contributed by atoms with Crippen LogP contribution in [0.25, 0.3) is 0 Å². The van der Waals surface area contributed by atoms with Crippen LogP contribution in [0.15, 0.2) is 29.2 Å². The first-order valence-corrected chi connectivity index (χ1v) is 13.2. The maximum Gasteiger partial charge on any atom is 0.410 e. The molecule has 1 amide bonds. The zero-order chi connectivity index (χ0) is 22.1. The molecule has 31 heavy (non-hydrogen) atoms. The monoisotopic (exact) mass is 451 g/mol. The number of likely N-dealkylation sites (tertiary alicyclic amines) is 1. The number of piperidine rings is 1. The summed E-state index contributed by atoms with van der Waals surface area (Å²) in [5, 5.41) is 0. The second kappa shape index (κ2) is 8.98. The van der Waals surface area contributed by atoms with Crippen LogP contribution in [0.2, 0.25) is 0 Å². The number of benzene rings is 1. The van der Waals surface area contributed by atoms with Crippen LogP contribution in [0.3, 0.4) is 0 Å². The third-order valence-electron chi connectivity index (χ3n) is 6.55. The van der Waals surface area contributed by atoms with E-state index in [1.807, 2.05) is 11.8 Å². The molecule has 8 heteroatoms. The summed E-state index contributed by atoms with van der Waals surface area (Å²) in [6.07, 6.45) is 8.98. The molecule has 1 aliphatic heterocycles. The Labute approximate surface area is 185 Å². The Morgan fingerprint density at radius 2 is 1.48 bits per heavy atom. The molecule has 1 aromatic carbocycles. The largest absolute Gasteiger partial charge is 0.490 e. The lowest BCUT2D eigenvalue weighted by atomic mass is 9.94. The molecule has 0 bridgehead atoms. The molecular weight excluding hydrogens is 418 g/mol. The van der Waals surface area contributed by atoms with Crippen LogP contribution in [0, 0.1) is 0 Å². The van der Waals surface area contributed by atoms with Crippen molar-refractivity contribution < 1.29 is 27.4 Å². The van der Waals surface area contributed by atoms with Gasteiger partial charge in [0.05, 0.1) is 23.2 Å². The minimum atomic E-state index is -3.19. The van der Waals surface area contributed by atoms with Crippen LogP contribution < -0.4 is 4.74 Å². The number of carbonyl (C=O) groups is 1. The van der Waals surface area contributed by atoms with E-state index in [0.717, 1.165) is 51.4 Å². The highest BCUT2D eigenvalue weighted by atomic mass is 32.2. The smallest absolute Gasteiger partial charge is 0.410 e. The molecule has 4 rings (SSSR count). The van der Waals surface area contributed by atoms with Gasteiger partial charge in [0.2, 0.25) is 0 Å². The van der Waals surface area contributed by atoms with Crippen molar-refractivity contribution in [1.29, 1.82) is 0 Å². The summed E-state index contributed by atoms with van der Waals surface area (Å²) >= 11 is 0. The molecule has 1 heterocycles. The second-order valence-electron chi connectivity index (χ2n) is 9.40. The van der Waals surface area contributed by atoms with E-state index in [0.29, 0.717) is 23.7 Å². The third-order valence-corrected chi connectivity index (χ3v) is 7.68. The first-order valence-electron chi connectivity index (χ1n) is 11.3. The van der Waals surface area contributed by atoms with E-state index >= 15 is 0 Å². The van der Waals surface area contributed by atoms with Gasteiger partial charge in [0.15, 0.2) is 9.84 Å². The lowest BCUT2D eigenvalue weighted by molar-refractivity contribution is -0.0662. The number of nitrogens with zero attached hydrogens (tertiary/aromatic N) is 1. The van der Waals surface area contributed by atoms with Gasteiger partial charge in [-0.15, -0.1) is 0 Å². The molecule has 0 atom stereocenters. The molecule has 3 fully saturated rings. The van der Waals surface area contributed by atoms with Crippen molar-refractivity contribution in [2.24, 2.45) is 0 Å². The Kier molecular flexibility index (Phi) is 6.49. The zero-order valence-corrected chi connectivity index (χ0v) is 19.2. The average Bonchev–Trinajstić information content (AvgIpc) is 3.46. The standard InChI is InChI=1S/C23H33NO6S/c1-23(13-14-23)30-22(25)24-15-11-20(12-16-24)29-18-5-3-17(4-6-18)28-19-7-9-21(10-8-19)31(2,26)27/h7-10,17-18,20H,3-6,11-16H2,1-2H3/t17-,18-. The van der Waals surface area contributed by atoms with E-state index in [9.17, 15) is 13.2 Å². The summed E-state index contributed by atoms with van der Waals surface area (Å²) < 4.78 is 41.0. The molecular formula is C23H33NO6S. The topological polar surface area (TPSA) is 82.1 Å². The SMILES string of the molecule is CC1(OC(=O)N2CCC(O[C@H]3CC[C@H](Oc4ccc(S(C)(=O)=O)cc4)CC3)CC2)CC1. The molecule has 1 saturated heterocycles. The van der Waals surface area contributed by atoms with Crippen molar-refractivity contribution in [2.75, 3.05) is 19.3 Å². The summed E-state index contributed by atoms with van der Waals surface area (Å²) in [4.78, 5) is 14.3. The molecule has 7 nitrogen and oxygen atoms in total. The summed E-state index contributed by atoms with van der Waals surface area (Å²) in [7, 11) is -3.19. The average molecular weight is 452 g/mol. The van der Waals surface area contributed by atoms with Gasteiger partial charge in [0.25, 0.3) is 0 Å². The van der Waals surface area contributed by atoms with Gasteiger partial charge in [0, 0.05) is 19.3 Å². The van der Waals surface area contributed by atoms with Crippen LogP contribution in [0.5, 0.6) is 5.75 Å². The van der Waals surface area contributed by atoms with Gasteiger partial charge >= 0.3 is 6.09 Å². The number of ether oxygens (including phenoxy) is 3. The summed E-state index contributed by atoms with van der Waals surface area (Å²) in [5.74, 6) is 0.705. The van der Waals surface area contributed by atoms with Gasteiger partial charge in [-0.05, 0) is 82.6 Å². The highest BCUT2D eigenvalue weighted by Gasteiger charge is 2.43. The highest BCUT2D eigenvalue weighted by molar-refractivity contribution is 7.90. The van der Waals surface area contributed by atoms with Crippen molar-refractivity contribution in [3.8, 4) is 5.75 Å². The van der Waals surface area contributed by atoms with E-state index in [-0.39, 0.29) is 30.0 Å². The van der Waals surface area contributed by atoms with Crippen molar-refractivity contribution in [2.45, 2.75) is 87.1 Å². The molecule has 3 aliphatic rings. The van der Waals surface area contributed by atoms with E-state index in [4.69, 9.17) is 14.2 Å². The van der Waals surface area contributed by atoms with Crippen LogP contribution >= 0.6 is 0 Å². The number of rotatable bonds is 6. The molecule has 2 aliphatic carbocycles. The fourth-order valence-electron chi connectivity index (χ4n) is 4.24. The van der Waals surface area contributed by atoms with E-state index < -0.39 is 9.84 Å². The lowest BCUT2D eigenvalue weighted by Crippen LogP contribution is -2.43. The summed E-state index contributed by atoms with van der Waals surface area (Å²) in [6.45, 7) is 3.38. The normalized spacial score (nSPS) is 26.3. The maximum atomic E-state index is 12.2. The molecule has 172 valence electrons. The van der Waals surface area contributed by atoms with Crippen molar-refractivity contribution >= 4 is 15.9 Å². The van der Waals surface area contributed by atoms with Crippen LogP contribution in [0.4, 0.5) is 4.79 Å². The number of hydrogen-bond acceptors (Lipinski definition) is 6. The Morgan fingerprint density at radius 3 is 2.03 bits per heavy atom. The van der Waals surface area contributed by atoms with E-state index in [2.05, 4.69) is 0 Å². The second-order valence-corrected chi connectivity index (χ2v) is 11.4. The minimum absolute atomic E-state index is 0.129. The summed E-state index contributed by atoms with van der Waals surface area (Å²) in [5.41, 5.74) is -0.221. The van der Waals surface area contributed by atoms with Crippen LogP contribution in [0.1, 0.15) is 58.3 Å². The number of amides is 1. The molecule has 0 spiro atoms. The highest BCUT2D eigenvalue weighted by Crippen LogP contribution is 2.39. The van der Waals surface area contributed by atoms with Gasteiger partial charge in [-0.1, -0.05) is 0 Å². The number of sulfone groups is 1. The molecule has 0 unspecified atom stereocenters. The van der Waals surface area contributed by atoms with Gasteiger partial charge < -0.3 is 19.1 Å². The third kappa shape index (κ3) is 6.13. The molecule has 0 N–H and O–H groups in total. The minimum Gasteiger partial charge on any atom is -0.490 e. The predicted molar refractivity (Wildman–Crippen MR) is 116 cm³/mol. The van der Waals surface area contributed by atoms with Gasteiger partial charge in [-0.2, -0.15) is 0 Å². The number of hydrogen-bond donors (Lipinski definition) is 0. The molecule has 0 radical (unpaired) electrons. The Hall–Kier alpha value is -1.80. The van der Waals surface area contributed by atoms with Crippen LogP contribution in [-0.2, 0) is 19.3 Å². The predicted octanol–water partition coefficient (Wildman–Crippen LogP) is 3.95. The van der Waals surface area contributed by atoms with E-state index in [1.54, 1.807) is 24.3 Å². The Morgan fingerprint density at radius 1 is 0.935 bits per heavy atom. The lowest BCUT2D eigenvalue weighted by Gasteiger charge is -2.36. The number of carbonyl (C=O) groups excluding carboxylic acids is 1. The van der Waals surface area contributed by atoms with Crippen LogP contribution in [-0.4, -0.2) is 62.7 Å². The molecule has 2 saturated carbocycles. The van der Waals surface area contributed by atoms with E-state index in [1.165, 1.54) is 6.26 Å². The Balaban J connectivity index is 1.16. The van der Waals surface area contributed by atoms with Gasteiger partial charge in [-0.25, -0.2) is 13.2 Å². The Bertz CT molecular complexity index is 864. The first-order chi connectivity index (χ1) is 14.7. The zero-order valence-electron chi connectivity index (χ0n) is 18.4. The van der Waals surface area contributed by atoms with Crippen molar-refractivity contribution in [1.82, 2.24) is 4.90 Å². The molecule has 1 aromatic rings. The summed E-state index contributed by atoms with van der Waals surface area (Å²) in [6, 6.07) is 6.63. The maximum absolute atomic E-state index is 12.2. The van der Waals surface area contributed by atoms with Crippen molar-refractivity contribution in [3.05, 3.63) is 24.3 Å². The molecule has 0 aromatic heterocycles. The quantitative estimate of drug-likeness (QED) is 0.651. The van der Waals surface area contributed by atoms with Gasteiger partial charge in [0.1, 0.15) is 11.4 Å². The first kappa shape index (κ1) is 22.4. The van der Waals surface area contributed by atoms with Gasteiger partial charge in [-0.3, -0.25) is 0 Å². The fourth-order valence-corrected chi connectivity index (χ4v) is 4.87. The fraction of sp³-hybridized carbons (Fsp3) is 0.696.